The summed E-state index contributed by atoms with van der Waals surface area (Å²) >= 11 is 0. The maximum absolute atomic E-state index is 10.8. The van der Waals surface area contributed by atoms with Crippen LogP contribution in [0.2, 0.25) is 0 Å². The Morgan fingerprint density at radius 3 is 0.875 bits per heavy atom. The van der Waals surface area contributed by atoms with Gasteiger partial charge in [0.2, 0.25) is 0 Å². The Morgan fingerprint density at radius 2 is 0.675 bits per heavy atom. The first-order valence-corrected chi connectivity index (χ1v) is 12.6. The molecule has 3 rings (SSSR count). The second-order valence-electron chi connectivity index (χ2n) is 8.87. The highest BCUT2D eigenvalue weighted by Gasteiger charge is 2.35. The van der Waals surface area contributed by atoms with Gasteiger partial charge in [0.05, 0.1) is 39.6 Å². The summed E-state index contributed by atoms with van der Waals surface area (Å²) in [5.41, 5.74) is 2.84. The average molecular weight is 560 g/mol. The first kappa shape index (κ1) is 31.2. The van der Waals surface area contributed by atoms with Gasteiger partial charge in [-0.1, -0.05) is 36.4 Å². The van der Waals surface area contributed by atoms with E-state index >= 15 is 0 Å². The molecule has 0 unspecified atom stereocenters. The van der Waals surface area contributed by atoms with Gasteiger partial charge in [0, 0.05) is 33.8 Å². The summed E-state index contributed by atoms with van der Waals surface area (Å²) in [6, 6.07) is 14.4. The average Bonchev–Trinajstić information content (AvgIpc) is 3.01. The van der Waals surface area contributed by atoms with Crippen molar-refractivity contribution in [1.29, 1.82) is 0 Å². The highest BCUT2D eigenvalue weighted by molar-refractivity contribution is 5.66. The zero-order valence-corrected chi connectivity index (χ0v) is 22.0. The topological polar surface area (TPSA) is 192 Å². The fourth-order valence-electron chi connectivity index (χ4n) is 4.99. The largest absolute Gasteiger partial charge is 0.392 e. The van der Waals surface area contributed by atoms with E-state index in [1.54, 1.807) is 54.6 Å². The summed E-state index contributed by atoms with van der Waals surface area (Å²) in [5, 5.41) is 92.6. The van der Waals surface area contributed by atoms with Crippen LogP contribution >= 0.6 is 0 Å². The van der Waals surface area contributed by atoms with E-state index in [0.717, 1.165) is 0 Å². The molecule has 0 saturated carbocycles. The minimum atomic E-state index is -1.28. The van der Waals surface area contributed by atoms with Crippen molar-refractivity contribution in [3.63, 3.8) is 0 Å². The van der Waals surface area contributed by atoms with Gasteiger partial charge in [-0.15, -0.1) is 0 Å². The van der Waals surface area contributed by atoms with E-state index in [0.29, 0.717) is 16.7 Å². The first-order valence-electron chi connectivity index (χ1n) is 12.6. The molecule has 0 bridgehead atoms. The predicted molar refractivity (Wildman–Crippen MR) is 147 cm³/mol. The minimum Gasteiger partial charge on any atom is -0.392 e. The molecule has 0 aliphatic carbocycles. The molecule has 0 aliphatic rings. The van der Waals surface area contributed by atoms with Crippen LogP contribution in [0.15, 0.2) is 54.6 Å². The van der Waals surface area contributed by atoms with Gasteiger partial charge in [-0.2, -0.15) is 0 Å². The molecule has 0 aromatic heterocycles. The summed E-state index contributed by atoms with van der Waals surface area (Å²) in [7, 11) is 0. The first-order chi connectivity index (χ1) is 19.5. The van der Waals surface area contributed by atoms with E-state index in [-0.39, 0.29) is 33.8 Å². The van der Waals surface area contributed by atoms with Crippen molar-refractivity contribution >= 4 is 17.1 Å². The molecule has 12 heteroatoms. The SMILES string of the molecule is OCc1cccc(N(CO)C(N(CO)c2cccc(CO)c2CO)N(CO)c2cccc(CO)c2CO)c1CO. The smallest absolute Gasteiger partial charge is 0.186 e. The molecule has 0 aliphatic heterocycles. The molecule has 0 spiro atoms. The maximum atomic E-state index is 10.8. The molecule has 3 aromatic rings. The van der Waals surface area contributed by atoms with Crippen molar-refractivity contribution in [1.82, 2.24) is 0 Å². The lowest BCUT2D eigenvalue weighted by Gasteiger charge is -2.47. The Bertz CT molecular complexity index is 1090. The van der Waals surface area contributed by atoms with Crippen molar-refractivity contribution in [3.05, 3.63) is 88.0 Å². The highest BCUT2D eigenvalue weighted by Crippen LogP contribution is 2.36. The Hall–Kier alpha value is -3.30. The molecule has 12 nitrogen and oxygen atoms in total. The molecular formula is C28H37N3O9. The highest BCUT2D eigenvalue weighted by atomic mass is 16.3. The van der Waals surface area contributed by atoms with Crippen molar-refractivity contribution in [2.45, 2.75) is 45.9 Å². The van der Waals surface area contributed by atoms with E-state index in [2.05, 4.69) is 0 Å². The molecule has 0 amide bonds. The van der Waals surface area contributed by atoms with Gasteiger partial charge in [-0.05, 0) is 34.9 Å². The molecular weight excluding hydrogens is 522 g/mol. The molecule has 40 heavy (non-hydrogen) atoms. The zero-order valence-electron chi connectivity index (χ0n) is 22.0. The van der Waals surface area contributed by atoms with Crippen LogP contribution in [0.1, 0.15) is 33.4 Å². The van der Waals surface area contributed by atoms with Gasteiger partial charge in [0.1, 0.15) is 20.2 Å². The van der Waals surface area contributed by atoms with Crippen LogP contribution in [0.3, 0.4) is 0 Å². The van der Waals surface area contributed by atoms with Crippen molar-refractivity contribution in [2.24, 2.45) is 0 Å². The molecule has 3 aromatic carbocycles. The third-order valence-electron chi connectivity index (χ3n) is 6.95. The lowest BCUT2D eigenvalue weighted by Crippen LogP contribution is -2.61. The van der Waals surface area contributed by atoms with Crippen molar-refractivity contribution in [3.8, 4) is 0 Å². The van der Waals surface area contributed by atoms with Crippen molar-refractivity contribution in [2.75, 3.05) is 34.9 Å². The Kier molecular flexibility index (Phi) is 11.6. The third-order valence-corrected chi connectivity index (χ3v) is 6.95. The summed E-state index contributed by atoms with van der Waals surface area (Å²) in [6.45, 7) is -4.83. The monoisotopic (exact) mass is 559 g/mol. The molecule has 218 valence electrons. The fourth-order valence-corrected chi connectivity index (χ4v) is 4.99. The lowest BCUT2D eigenvalue weighted by molar-refractivity contribution is 0.212. The standard InChI is InChI=1S/C28H37N3O9/c32-10-19-4-1-7-25(22(19)13-35)29(16-38)28(30(17-39)26-8-2-5-20(11-33)23(26)14-36)31(18-40)27-9-3-6-21(12-34)24(27)15-37/h1-9,28,32-40H,10-18H2. The van der Waals surface area contributed by atoms with Gasteiger partial charge >= 0.3 is 0 Å². The van der Waals surface area contributed by atoms with Crippen LogP contribution in [0.4, 0.5) is 17.1 Å². The molecule has 0 fully saturated rings. The van der Waals surface area contributed by atoms with Crippen LogP contribution < -0.4 is 14.7 Å². The maximum Gasteiger partial charge on any atom is 0.186 e. The van der Waals surface area contributed by atoms with Crippen LogP contribution in [0.25, 0.3) is 0 Å². The van der Waals surface area contributed by atoms with Gasteiger partial charge in [0.25, 0.3) is 0 Å². The van der Waals surface area contributed by atoms with E-state index in [1.165, 1.54) is 14.7 Å². The number of anilines is 3. The molecule has 0 heterocycles. The normalized spacial score (nSPS) is 11.2. The minimum absolute atomic E-state index is 0.270. The number of hydrogen-bond acceptors (Lipinski definition) is 12. The van der Waals surface area contributed by atoms with Gasteiger partial charge in [0.15, 0.2) is 6.29 Å². The molecule has 0 radical (unpaired) electrons. The quantitative estimate of drug-likeness (QED) is 0.110. The summed E-state index contributed by atoms with van der Waals surface area (Å²) in [4.78, 5) is 4.07. The summed E-state index contributed by atoms with van der Waals surface area (Å²) in [5.74, 6) is 0. The van der Waals surface area contributed by atoms with Gasteiger partial charge < -0.3 is 60.7 Å². The Balaban J connectivity index is 2.38. The van der Waals surface area contributed by atoms with E-state index in [4.69, 9.17) is 0 Å². The second kappa shape index (κ2) is 14.9. The van der Waals surface area contributed by atoms with Crippen LogP contribution in [-0.4, -0.2) is 72.4 Å². The van der Waals surface area contributed by atoms with Crippen LogP contribution in [0, 0.1) is 0 Å². The molecule has 0 atom stereocenters. The lowest BCUT2D eigenvalue weighted by atomic mass is 10.0. The van der Waals surface area contributed by atoms with Crippen LogP contribution in [0.5, 0.6) is 0 Å². The van der Waals surface area contributed by atoms with E-state index in [1.807, 2.05) is 0 Å². The third kappa shape index (κ3) is 6.05. The zero-order chi connectivity index (χ0) is 29.2. The molecule has 9 N–H and O–H groups in total. The van der Waals surface area contributed by atoms with E-state index < -0.39 is 66.1 Å². The summed E-state index contributed by atoms with van der Waals surface area (Å²) in [6.07, 6.45) is -1.28. The number of nitrogens with zero attached hydrogens (tertiary/aromatic N) is 3. The van der Waals surface area contributed by atoms with Gasteiger partial charge in [-0.25, -0.2) is 0 Å². The number of benzene rings is 3. The Morgan fingerprint density at radius 1 is 0.400 bits per heavy atom. The van der Waals surface area contributed by atoms with Crippen molar-refractivity contribution < 1.29 is 46.0 Å². The molecule has 0 saturated heterocycles. The number of aliphatic hydroxyl groups is 9. The predicted octanol–water partition coefficient (Wildman–Crippen LogP) is -0.407. The number of rotatable bonds is 15. The number of hydrogen-bond donors (Lipinski definition) is 9. The number of aliphatic hydroxyl groups excluding tert-OH is 9. The fraction of sp³-hybridized carbons (Fsp3) is 0.357. The van der Waals surface area contributed by atoms with Gasteiger partial charge in [-0.3, -0.25) is 0 Å². The van der Waals surface area contributed by atoms with E-state index in [9.17, 15) is 46.0 Å². The second-order valence-corrected chi connectivity index (χ2v) is 8.87. The Labute approximate surface area is 232 Å². The summed E-state index contributed by atoms with van der Waals surface area (Å²) < 4.78 is 0. The van der Waals surface area contributed by atoms with Crippen LogP contribution in [-0.2, 0) is 39.6 Å².